The fourth-order valence-electron chi connectivity index (χ4n) is 1.37. The minimum Gasteiger partial charge on any atom is -0.465 e. The minimum atomic E-state index is -0.419. The van der Waals surface area contributed by atoms with Crippen molar-refractivity contribution < 1.29 is 14.3 Å². The molecule has 0 aromatic rings. The molecule has 0 bridgehead atoms. The third-order valence-corrected chi connectivity index (χ3v) is 2.37. The molecule has 100 valence electrons. The molecule has 5 heteroatoms. The summed E-state index contributed by atoms with van der Waals surface area (Å²) >= 11 is 0. The number of carbonyl (C=O) groups excluding carboxylic acids is 2. The summed E-state index contributed by atoms with van der Waals surface area (Å²) in [4.78, 5) is 23.1. The Bertz CT molecular complexity index is 244. The number of rotatable bonds is 8. The molecular formula is C12H24N2O3. The quantitative estimate of drug-likeness (QED) is 0.621. The Balaban J connectivity index is 4.17. The van der Waals surface area contributed by atoms with Gasteiger partial charge in [0.05, 0.1) is 12.6 Å². The molecule has 0 aliphatic heterocycles. The van der Waals surface area contributed by atoms with E-state index in [2.05, 4.69) is 10.6 Å². The van der Waals surface area contributed by atoms with Crippen LogP contribution in [-0.2, 0) is 14.3 Å². The van der Waals surface area contributed by atoms with E-state index in [1.54, 1.807) is 13.8 Å². The third-order valence-electron chi connectivity index (χ3n) is 2.37. The lowest BCUT2D eigenvalue weighted by atomic mass is 10.2. The second kappa shape index (κ2) is 8.98. The van der Waals surface area contributed by atoms with Gasteiger partial charge >= 0.3 is 5.97 Å². The maximum Gasteiger partial charge on any atom is 0.323 e. The van der Waals surface area contributed by atoms with E-state index in [0.29, 0.717) is 19.6 Å². The first-order chi connectivity index (χ1) is 8.06. The van der Waals surface area contributed by atoms with Crippen molar-refractivity contribution in [3.8, 4) is 0 Å². The SMILES string of the molecule is CCCNC(=O)C(C)NC(CC)C(=O)OCC. The molecule has 0 saturated heterocycles. The van der Waals surface area contributed by atoms with Crippen molar-refractivity contribution in [2.24, 2.45) is 0 Å². The van der Waals surface area contributed by atoms with Gasteiger partial charge in [0.15, 0.2) is 0 Å². The van der Waals surface area contributed by atoms with E-state index >= 15 is 0 Å². The lowest BCUT2D eigenvalue weighted by molar-refractivity contribution is -0.146. The second-order valence-corrected chi connectivity index (χ2v) is 3.89. The van der Waals surface area contributed by atoms with Crippen LogP contribution in [0, 0.1) is 0 Å². The number of nitrogens with one attached hydrogen (secondary N) is 2. The van der Waals surface area contributed by atoms with Gasteiger partial charge in [-0.05, 0) is 26.7 Å². The Labute approximate surface area is 103 Å². The van der Waals surface area contributed by atoms with Gasteiger partial charge in [0.2, 0.25) is 5.91 Å². The van der Waals surface area contributed by atoms with E-state index in [0.717, 1.165) is 6.42 Å². The van der Waals surface area contributed by atoms with Gasteiger partial charge in [-0.3, -0.25) is 14.9 Å². The zero-order chi connectivity index (χ0) is 13.3. The molecule has 5 nitrogen and oxygen atoms in total. The molecule has 2 N–H and O–H groups in total. The third kappa shape index (κ3) is 6.26. The molecule has 0 rings (SSSR count). The molecule has 0 heterocycles. The topological polar surface area (TPSA) is 67.4 Å². The van der Waals surface area contributed by atoms with Gasteiger partial charge in [0, 0.05) is 6.54 Å². The van der Waals surface area contributed by atoms with Crippen molar-refractivity contribution in [2.45, 2.75) is 52.6 Å². The van der Waals surface area contributed by atoms with Gasteiger partial charge in [-0.1, -0.05) is 13.8 Å². The van der Waals surface area contributed by atoms with Crippen LogP contribution < -0.4 is 10.6 Å². The maximum atomic E-state index is 11.6. The van der Waals surface area contributed by atoms with Crippen molar-refractivity contribution in [1.82, 2.24) is 10.6 Å². The van der Waals surface area contributed by atoms with Gasteiger partial charge < -0.3 is 10.1 Å². The fraction of sp³-hybridized carbons (Fsp3) is 0.833. The molecule has 0 fully saturated rings. The summed E-state index contributed by atoms with van der Waals surface area (Å²) in [5.74, 6) is -0.389. The average Bonchev–Trinajstić information content (AvgIpc) is 2.32. The van der Waals surface area contributed by atoms with Crippen molar-refractivity contribution in [3.05, 3.63) is 0 Å². The van der Waals surface area contributed by atoms with Crippen LogP contribution in [0.5, 0.6) is 0 Å². The van der Waals surface area contributed by atoms with Gasteiger partial charge in [-0.25, -0.2) is 0 Å². The van der Waals surface area contributed by atoms with Crippen LogP contribution in [0.3, 0.4) is 0 Å². The summed E-state index contributed by atoms with van der Waals surface area (Å²) in [5.41, 5.74) is 0. The highest BCUT2D eigenvalue weighted by molar-refractivity contribution is 5.83. The maximum absolute atomic E-state index is 11.6. The van der Waals surface area contributed by atoms with Gasteiger partial charge in [0.1, 0.15) is 6.04 Å². The predicted molar refractivity (Wildman–Crippen MR) is 66.6 cm³/mol. The standard InChI is InChI=1S/C12H24N2O3/c1-5-8-13-11(15)9(4)14-10(6-2)12(16)17-7-3/h9-10,14H,5-8H2,1-4H3,(H,13,15). The smallest absolute Gasteiger partial charge is 0.323 e. The number of hydrogen-bond donors (Lipinski definition) is 2. The number of carbonyl (C=O) groups is 2. The molecule has 0 saturated carbocycles. The highest BCUT2D eigenvalue weighted by atomic mass is 16.5. The summed E-state index contributed by atoms with van der Waals surface area (Å²) in [7, 11) is 0. The van der Waals surface area contributed by atoms with Crippen molar-refractivity contribution in [2.75, 3.05) is 13.2 Å². The van der Waals surface area contributed by atoms with Crippen LogP contribution in [0.1, 0.15) is 40.5 Å². The normalized spacial score (nSPS) is 13.9. The molecule has 0 radical (unpaired) electrons. The summed E-state index contributed by atoms with van der Waals surface area (Å²) in [5, 5.41) is 5.75. The molecule has 2 atom stereocenters. The van der Waals surface area contributed by atoms with E-state index in [1.165, 1.54) is 0 Å². The highest BCUT2D eigenvalue weighted by Gasteiger charge is 2.22. The van der Waals surface area contributed by atoms with E-state index in [4.69, 9.17) is 4.74 Å². The molecule has 17 heavy (non-hydrogen) atoms. The Morgan fingerprint density at radius 2 is 1.88 bits per heavy atom. The van der Waals surface area contributed by atoms with E-state index in [-0.39, 0.29) is 11.9 Å². The average molecular weight is 244 g/mol. The fourth-order valence-corrected chi connectivity index (χ4v) is 1.37. The zero-order valence-electron chi connectivity index (χ0n) is 11.2. The second-order valence-electron chi connectivity index (χ2n) is 3.89. The Morgan fingerprint density at radius 3 is 2.35 bits per heavy atom. The van der Waals surface area contributed by atoms with Crippen LogP contribution in [0.25, 0.3) is 0 Å². The van der Waals surface area contributed by atoms with Crippen LogP contribution in [0.4, 0.5) is 0 Å². The highest BCUT2D eigenvalue weighted by Crippen LogP contribution is 1.97. The predicted octanol–water partition coefficient (Wildman–Crippen LogP) is 0.832. The van der Waals surface area contributed by atoms with Crippen LogP contribution in [-0.4, -0.2) is 37.1 Å². The monoisotopic (exact) mass is 244 g/mol. The number of esters is 1. The van der Waals surface area contributed by atoms with Crippen LogP contribution >= 0.6 is 0 Å². The molecule has 2 unspecified atom stereocenters. The number of ether oxygens (including phenoxy) is 1. The summed E-state index contributed by atoms with van der Waals surface area (Å²) in [6.07, 6.45) is 1.50. The largest absolute Gasteiger partial charge is 0.465 e. The van der Waals surface area contributed by atoms with Crippen LogP contribution in [0.15, 0.2) is 0 Å². The van der Waals surface area contributed by atoms with Gasteiger partial charge in [0.25, 0.3) is 0 Å². The first kappa shape index (κ1) is 15.9. The van der Waals surface area contributed by atoms with E-state index in [1.807, 2.05) is 13.8 Å². The van der Waals surface area contributed by atoms with Crippen molar-refractivity contribution >= 4 is 11.9 Å². The molecule has 1 amide bonds. The Morgan fingerprint density at radius 1 is 1.24 bits per heavy atom. The molecule has 0 aliphatic rings. The number of hydrogen-bond acceptors (Lipinski definition) is 4. The Kier molecular flexibility index (Phi) is 8.40. The lowest BCUT2D eigenvalue weighted by Gasteiger charge is -2.20. The van der Waals surface area contributed by atoms with Crippen molar-refractivity contribution in [1.29, 1.82) is 0 Å². The summed E-state index contributed by atoms with van der Waals surface area (Å²) in [6.45, 7) is 8.39. The molecule has 0 aromatic carbocycles. The lowest BCUT2D eigenvalue weighted by Crippen LogP contribution is -2.49. The van der Waals surface area contributed by atoms with Gasteiger partial charge in [-0.2, -0.15) is 0 Å². The molecule has 0 aliphatic carbocycles. The summed E-state index contributed by atoms with van der Waals surface area (Å²) in [6, 6.07) is -0.812. The first-order valence-corrected chi connectivity index (χ1v) is 6.27. The first-order valence-electron chi connectivity index (χ1n) is 6.27. The van der Waals surface area contributed by atoms with Gasteiger partial charge in [-0.15, -0.1) is 0 Å². The van der Waals surface area contributed by atoms with Crippen molar-refractivity contribution in [3.63, 3.8) is 0 Å². The molecular weight excluding hydrogens is 220 g/mol. The zero-order valence-corrected chi connectivity index (χ0v) is 11.2. The molecule has 0 aromatic heterocycles. The van der Waals surface area contributed by atoms with E-state index < -0.39 is 12.1 Å². The van der Waals surface area contributed by atoms with Crippen LogP contribution in [0.2, 0.25) is 0 Å². The number of amides is 1. The van der Waals surface area contributed by atoms with E-state index in [9.17, 15) is 9.59 Å². The summed E-state index contributed by atoms with van der Waals surface area (Å²) < 4.78 is 4.92. The minimum absolute atomic E-state index is 0.0883. The molecule has 0 spiro atoms. The Hall–Kier alpha value is -1.10.